The molecule has 0 atom stereocenters. The Kier molecular flexibility index (Phi) is 27.8. The van der Waals surface area contributed by atoms with Crippen LogP contribution in [0, 0.1) is 13.8 Å². The first-order chi connectivity index (χ1) is 54.8. The van der Waals surface area contributed by atoms with Crippen LogP contribution in [0.4, 0.5) is 0 Å². The van der Waals surface area contributed by atoms with Gasteiger partial charge >= 0.3 is 40.5 Å². The van der Waals surface area contributed by atoms with Gasteiger partial charge in [0.15, 0.2) is 34.5 Å². The summed E-state index contributed by atoms with van der Waals surface area (Å²) in [5.74, 6) is 3.76. The standard InChI is InChI=1S/C30H30O9S2.C29H27ClO9S2.C28H26O5/c1-20-17-23(13-16-26(20)37-19-21-9-7-6-8-10-21)28-27(35-2)18-25(29(36-3)30(28)39-41(5,33)34)22-11-14-24(15-12-22)38-40(4,31)32;1-35-26-17-23(20-10-13-22(14-11-20)38-40(3,31)32)28(36-2)29(39-41(4,33)34)27(26)21-12-15-25(24(30)16-21)37-18-19-8-6-5-7-9-19;1-18-15-21(11-14-24(18)33-17-19-7-5-4-6-8-19)26-25(31-2)16-23(28(32-3)27(26)30)20-9-12-22(29)13-10-20/h6-18H,19H2,1-5H3;5-17H,18H2,1-4H3;4-16,29-30H,17H2,1-3H3. The Morgan fingerprint density at radius 2 is 0.591 bits per heavy atom. The molecule has 23 nitrogen and oxygen atoms in total. The van der Waals surface area contributed by atoms with E-state index < -0.39 is 40.5 Å². The normalized spacial score (nSPS) is 11.3. The number of phenolic OH excluding ortho intramolecular Hbond substituents is 2. The zero-order valence-corrected chi connectivity index (χ0v) is 68.6. The SMILES string of the molecule is COc1cc(-c2ccc(O)cc2)c(OC)c(O)c1-c1ccc(OCc2ccccc2)c(C)c1.COc1cc(-c2ccc(OS(C)(=O)=O)cc2)c(OC)c(OS(C)(=O)=O)c1-c1ccc(OCc2ccccc2)c(C)c1.COc1cc(-c2ccc(OS(C)(=O)=O)cc2)c(OC)c(OS(C)(=O)=O)c1-c1ccc(OCc2ccccc2)c(Cl)c1. The van der Waals surface area contributed by atoms with Gasteiger partial charge in [-0.3, -0.25) is 0 Å². The lowest BCUT2D eigenvalue weighted by atomic mass is 9.95. The first-order valence-electron chi connectivity index (χ1n) is 34.9. The van der Waals surface area contributed by atoms with Crippen LogP contribution in [0.25, 0.3) is 66.8 Å². The summed E-state index contributed by atoms with van der Waals surface area (Å²) in [6.07, 6.45) is 3.75. The predicted molar refractivity (Wildman–Crippen MR) is 443 cm³/mol. The zero-order valence-electron chi connectivity index (χ0n) is 64.6. The van der Waals surface area contributed by atoms with Crippen molar-refractivity contribution in [3.05, 3.63) is 269 Å². The van der Waals surface area contributed by atoms with Crippen LogP contribution >= 0.6 is 11.6 Å². The monoisotopic (exact) mass is 1660 g/mol. The Labute approximate surface area is 674 Å². The Morgan fingerprint density at radius 3 is 0.913 bits per heavy atom. The van der Waals surface area contributed by atoms with Crippen LogP contribution < -0.4 is 59.4 Å². The molecule has 2 N–H and O–H groups in total. The van der Waals surface area contributed by atoms with E-state index in [0.717, 1.165) is 69.7 Å². The third-order valence-electron chi connectivity index (χ3n) is 17.2. The average molecular weight is 1660 g/mol. The van der Waals surface area contributed by atoms with E-state index in [4.69, 9.17) is 71.0 Å². The fourth-order valence-electron chi connectivity index (χ4n) is 12.2. The van der Waals surface area contributed by atoms with Crippen molar-refractivity contribution in [3.8, 4) is 153 Å². The number of hydrogen-bond donors (Lipinski definition) is 2. The number of aromatic hydroxyl groups is 2. The fraction of sp³-hybridized carbons (Fsp3) is 0.172. The Hall–Kier alpha value is -12.3. The molecule has 0 amide bonds. The number of ether oxygens (including phenoxy) is 9. The molecule has 0 radical (unpaired) electrons. The van der Waals surface area contributed by atoms with E-state index in [0.29, 0.717) is 98.6 Å². The number of rotatable bonds is 29. The van der Waals surface area contributed by atoms with Crippen molar-refractivity contribution in [1.82, 2.24) is 0 Å². The van der Waals surface area contributed by atoms with Crippen molar-refractivity contribution in [3.63, 3.8) is 0 Å². The van der Waals surface area contributed by atoms with E-state index in [2.05, 4.69) is 0 Å². The number of methoxy groups -OCH3 is 6. The summed E-state index contributed by atoms with van der Waals surface area (Å²) in [6, 6.07) is 69.7. The zero-order chi connectivity index (χ0) is 82.9. The number of benzene rings is 12. The summed E-state index contributed by atoms with van der Waals surface area (Å²) < 4.78 is 168. The molecule has 0 bridgehead atoms. The largest absolute Gasteiger partial charge is 0.508 e. The van der Waals surface area contributed by atoms with Gasteiger partial charge in [0.25, 0.3) is 0 Å². The molecule has 28 heteroatoms. The Bertz CT molecular complexity index is 5640. The minimum atomic E-state index is -4.03. The second-order valence-electron chi connectivity index (χ2n) is 25.8. The van der Waals surface area contributed by atoms with Gasteiger partial charge in [0.2, 0.25) is 0 Å². The summed E-state index contributed by atoms with van der Waals surface area (Å²) >= 11 is 6.58. The van der Waals surface area contributed by atoms with Crippen LogP contribution in [0.5, 0.6) is 86.2 Å². The molecule has 0 saturated carbocycles. The van der Waals surface area contributed by atoms with Crippen molar-refractivity contribution in [2.45, 2.75) is 33.7 Å². The van der Waals surface area contributed by atoms with E-state index in [1.165, 1.54) is 59.8 Å². The van der Waals surface area contributed by atoms with E-state index in [9.17, 15) is 43.9 Å². The summed E-state index contributed by atoms with van der Waals surface area (Å²) in [5.41, 5.74) is 11.4. The van der Waals surface area contributed by atoms with Crippen LogP contribution in [0.15, 0.2) is 237 Å². The molecule has 0 aliphatic carbocycles. The highest BCUT2D eigenvalue weighted by Crippen LogP contribution is 2.55. The van der Waals surface area contributed by atoms with Crippen LogP contribution in [0.2, 0.25) is 5.02 Å². The van der Waals surface area contributed by atoms with Gasteiger partial charge in [-0.15, -0.1) is 0 Å². The second kappa shape index (κ2) is 37.6. The number of phenols is 2. The first kappa shape index (κ1) is 85.2. The van der Waals surface area contributed by atoms with Gasteiger partial charge < -0.3 is 69.6 Å². The molecular weight excluding hydrogens is 1580 g/mol. The molecule has 12 aromatic rings. The molecule has 115 heavy (non-hydrogen) atoms. The van der Waals surface area contributed by atoms with E-state index in [1.807, 2.05) is 135 Å². The van der Waals surface area contributed by atoms with Gasteiger partial charge in [-0.05, 0) is 166 Å². The van der Waals surface area contributed by atoms with Gasteiger partial charge in [-0.1, -0.05) is 157 Å². The van der Waals surface area contributed by atoms with Gasteiger partial charge in [-0.25, -0.2) is 0 Å². The quantitative estimate of drug-likeness (QED) is 0.0412. The molecule has 12 aromatic carbocycles. The molecule has 0 heterocycles. The maximum atomic E-state index is 12.4. The van der Waals surface area contributed by atoms with Crippen LogP contribution in [0.1, 0.15) is 27.8 Å². The third-order valence-corrected chi connectivity index (χ3v) is 19.4. The summed E-state index contributed by atoms with van der Waals surface area (Å²) in [6.45, 7) is 5.03. The molecule has 0 saturated heterocycles. The van der Waals surface area contributed by atoms with Crippen molar-refractivity contribution in [1.29, 1.82) is 0 Å². The molecule has 0 fully saturated rings. The molecule has 0 spiro atoms. The highest BCUT2D eigenvalue weighted by atomic mass is 35.5. The molecule has 0 unspecified atom stereocenters. The first-order valence-corrected chi connectivity index (χ1v) is 42.6. The molecule has 12 rings (SSSR count). The number of halogens is 1. The fourth-order valence-corrected chi connectivity index (χ4v) is 14.2. The van der Waals surface area contributed by atoms with E-state index >= 15 is 0 Å². The minimum absolute atomic E-state index is 0.0164. The highest BCUT2D eigenvalue weighted by molar-refractivity contribution is 7.87. The average Bonchev–Trinajstić information content (AvgIpc) is 0.765. The minimum Gasteiger partial charge on any atom is -0.508 e. The lowest BCUT2D eigenvalue weighted by Crippen LogP contribution is -2.09. The van der Waals surface area contributed by atoms with E-state index in [-0.39, 0.29) is 62.3 Å². The van der Waals surface area contributed by atoms with Gasteiger partial charge in [0.05, 0.1) is 89.4 Å². The molecule has 0 aliphatic rings. The topological polar surface area (TPSA) is 297 Å². The number of aryl methyl sites for hydroxylation is 2. The Balaban J connectivity index is 0.000000184. The summed E-state index contributed by atoms with van der Waals surface area (Å²) in [4.78, 5) is 0. The van der Waals surface area contributed by atoms with Gasteiger partial charge in [0, 0.05) is 16.7 Å². The van der Waals surface area contributed by atoms with Crippen molar-refractivity contribution in [2.24, 2.45) is 0 Å². The van der Waals surface area contributed by atoms with Crippen LogP contribution in [0.3, 0.4) is 0 Å². The van der Waals surface area contributed by atoms with Gasteiger partial charge in [-0.2, -0.15) is 33.7 Å². The maximum absolute atomic E-state index is 12.4. The molecular formula is C87H83ClO23S4. The molecule has 0 aromatic heterocycles. The third kappa shape index (κ3) is 22.6. The van der Waals surface area contributed by atoms with Gasteiger partial charge in [0.1, 0.15) is 71.6 Å². The van der Waals surface area contributed by atoms with Crippen LogP contribution in [-0.4, -0.2) is 112 Å². The Morgan fingerprint density at radius 1 is 0.296 bits per heavy atom. The van der Waals surface area contributed by atoms with Crippen molar-refractivity contribution < 1.29 is 103 Å². The molecule has 600 valence electrons. The van der Waals surface area contributed by atoms with Crippen molar-refractivity contribution >= 4 is 52.1 Å². The van der Waals surface area contributed by atoms with E-state index in [1.54, 1.807) is 98.1 Å². The smallest absolute Gasteiger partial charge is 0.306 e. The maximum Gasteiger partial charge on any atom is 0.306 e. The summed E-state index contributed by atoms with van der Waals surface area (Å²) in [7, 11) is -6.70. The van der Waals surface area contributed by atoms with Crippen LogP contribution in [-0.2, 0) is 60.3 Å². The highest BCUT2D eigenvalue weighted by Gasteiger charge is 2.30. The lowest BCUT2D eigenvalue weighted by Gasteiger charge is -2.21. The lowest BCUT2D eigenvalue weighted by molar-refractivity contribution is 0.304. The summed E-state index contributed by atoms with van der Waals surface area (Å²) in [5, 5.41) is 21.1. The molecule has 0 aliphatic heterocycles. The second-order valence-corrected chi connectivity index (χ2v) is 32.5. The predicted octanol–water partition coefficient (Wildman–Crippen LogP) is 17.9. The van der Waals surface area contributed by atoms with Crippen molar-refractivity contribution in [2.75, 3.05) is 67.7 Å². The number of hydrogen-bond acceptors (Lipinski definition) is 23.